The molecule has 0 aromatic heterocycles. The van der Waals surface area contributed by atoms with E-state index in [-0.39, 0.29) is 0 Å². The number of carbonyl (C=O) groups excluding carboxylic acids is 1. The van der Waals surface area contributed by atoms with Crippen LogP contribution < -0.4 is 14.8 Å². The molecule has 1 aromatic carbocycles. The van der Waals surface area contributed by atoms with E-state index in [0.29, 0.717) is 30.5 Å². The summed E-state index contributed by atoms with van der Waals surface area (Å²) in [5.41, 5.74) is 0. The zero-order valence-corrected chi connectivity index (χ0v) is 22.5. The predicted octanol–water partition coefficient (Wildman–Crippen LogP) is 9.43. The van der Waals surface area contributed by atoms with Gasteiger partial charge in [-0.25, -0.2) is 4.79 Å². The number of nitrogens with one attached hydrogen (secondary N) is 1. The summed E-state index contributed by atoms with van der Waals surface area (Å²) in [6.45, 7) is 3.49. The summed E-state index contributed by atoms with van der Waals surface area (Å²) in [4.78, 5) is 12.1. The zero-order chi connectivity index (χ0) is 24.5. The number of alkyl halides is 1. The molecule has 196 valence electrons. The summed E-state index contributed by atoms with van der Waals surface area (Å²) >= 11 is 5.69. The molecule has 4 nitrogen and oxygen atoms in total. The SMILES string of the molecule is CCCCCCCCCCCCCCCCCCNC(=O)Oc1ccccc1OCCCCCl. The van der Waals surface area contributed by atoms with Gasteiger partial charge in [-0.15, -0.1) is 11.6 Å². The van der Waals surface area contributed by atoms with Crippen molar-refractivity contribution in [3.05, 3.63) is 24.3 Å². The van der Waals surface area contributed by atoms with Crippen molar-refractivity contribution in [2.75, 3.05) is 19.0 Å². The fraction of sp³-hybridized carbons (Fsp3) is 0.759. The van der Waals surface area contributed by atoms with Gasteiger partial charge in [-0.1, -0.05) is 115 Å². The molecule has 0 heterocycles. The van der Waals surface area contributed by atoms with Crippen molar-refractivity contribution in [3.8, 4) is 11.5 Å². The van der Waals surface area contributed by atoms with Gasteiger partial charge in [-0.3, -0.25) is 0 Å². The lowest BCUT2D eigenvalue weighted by Gasteiger charge is -2.12. The van der Waals surface area contributed by atoms with Crippen LogP contribution in [0.5, 0.6) is 11.5 Å². The standard InChI is InChI=1S/C29H50ClNO3/c1-2-3-4-5-6-7-8-9-10-11-12-13-14-15-16-20-25-31-29(32)34-28-23-18-17-22-27(28)33-26-21-19-24-30/h17-18,22-23H,2-16,19-21,24-26H2,1H3,(H,31,32). The average molecular weight is 496 g/mol. The van der Waals surface area contributed by atoms with Gasteiger partial charge in [0.25, 0.3) is 0 Å². The molecule has 0 unspecified atom stereocenters. The number of carbonyl (C=O) groups is 1. The first-order valence-electron chi connectivity index (χ1n) is 14.0. The van der Waals surface area contributed by atoms with Gasteiger partial charge in [0.05, 0.1) is 6.61 Å². The molecule has 1 N–H and O–H groups in total. The van der Waals surface area contributed by atoms with Crippen molar-refractivity contribution in [2.45, 2.75) is 122 Å². The highest BCUT2D eigenvalue weighted by molar-refractivity contribution is 6.17. The van der Waals surface area contributed by atoms with Crippen LogP contribution in [0, 0.1) is 0 Å². The maximum Gasteiger partial charge on any atom is 0.412 e. The van der Waals surface area contributed by atoms with Crippen molar-refractivity contribution in [1.82, 2.24) is 5.32 Å². The minimum Gasteiger partial charge on any atom is -0.490 e. The van der Waals surface area contributed by atoms with Gasteiger partial charge in [-0.2, -0.15) is 0 Å². The fourth-order valence-corrected chi connectivity index (χ4v) is 4.22. The van der Waals surface area contributed by atoms with Crippen LogP contribution in [0.25, 0.3) is 0 Å². The molecule has 0 atom stereocenters. The number of rotatable bonds is 23. The van der Waals surface area contributed by atoms with E-state index in [9.17, 15) is 4.79 Å². The summed E-state index contributed by atoms with van der Waals surface area (Å²) in [6.07, 6.45) is 22.9. The third-order valence-electron chi connectivity index (χ3n) is 6.14. The molecule has 0 radical (unpaired) electrons. The molecular weight excluding hydrogens is 446 g/mol. The lowest BCUT2D eigenvalue weighted by Crippen LogP contribution is -2.27. The summed E-state index contributed by atoms with van der Waals surface area (Å²) in [5, 5.41) is 2.85. The Hall–Kier alpha value is -1.42. The number of benzene rings is 1. The summed E-state index contributed by atoms with van der Waals surface area (Å²) < 4.78 is 11.1. The van der Waals surface area contributed by atoms with Crippen LogP contribution in [0.15, 0.2) is 24.3 Å². The number of amides is 1. The number of unbranched alkanes of at least 4 members (excludes halogenated alkanes) is 16. The summed E-state index contributed by atoms with van der Waals surface area (Å²) in [6, 6.07) is 7.28. The third kappa shape index (κ3) is 18.0. The van der Waals surface area contributed by atoms with E-state index in [4.69, 9.17) is 21.1 Å². The number of hydrogen-bond donors (Lipinski definition) is 1. The monoisotopic (exact) mass is 495 g/mol. The molecule has 1 rings (SSSR count). The van der Waals surface area contributed by atoms with E-state index in [2.05, 4.69) is 12.2 Å². The minimum absolute atomic E-state index is 0.419. The van der Waals surface area contributed by atoms with Gasteiger partial charge < -0.3 is 14.8 Å². The Bertz CT molecular complexity index is 596. The summed E-state index contributed by atoms with van der Waals surface area (Å²) in [5.74, 6) is 1.68. The Morgan fingerprint density at radius 2 is 1.21 bits per heavy atom. The van der Waals surface area contributed by atoms with E-state index in [1.54, 1.807) is 6.07 Å². The van der Waals surface area contributed by atoms with E-state index >= 15 is 0 Å². The van der Waals surface area contributed by atoms with Crippen LogP contribution in [-0.2, 0) is 0 Å². The van der Waals surface area contributed by atoms with Crippen LogP contribution in [-0.4, -0.2) is 25.1 Å². The highest BCUT2D eigenvalue weighted by atomic mass is 35.5. The lowest BCUT2D eigenvalue weighted by atomic mass is 10.0. The smallest absolute Gasteiger partial charge is 0.412 e. The molecule has 0 spiro atoms. The second-order valence-corrected chi connectivity index (χ2v) is 9.69. The van der Waals surface area contributed by atoms with Gasteiger partial charge in [-0.05, 0) is 31.4 Å². The molecule has 34 heavy (non-hydrogen) atoms. The number of halogens is 1. The van der Waals surface area contributed by atoms with Crippen molar-refractivity contribution in [2.24, 2.45) is 0 Å². The molecule has 0 fully saturated rings. The zero-order valence-electron chi connectivity index (χ0n) is 21.8. The van der Waals surface area contributed by atoms with Crippen molar-refractivity contribution < 1.29 is 14.3 Å². The first-order chi connectivity index (χ1) is 16.8. The maximum atomic E-state index is 12.1. The van der Waals surface area contributed by atoms with E-state index in [1.807, 2.05) is 18.2 Å². The second-order valence-electron chi connectivity index (χ2n) is 9.31. The largest absolute Gasteiger partial charge is 0.490 e. The van der Waals surface area contributed by atoms with Gasteiger partial charge >= 0.3 is 6.09 Å². The molecule has 0 saturated carbocycles. The molecule has 0 aliphatic heterocycles. The maximum absolute atomic E-state index is 12.1. The Labute approximate surface area is 214 Å². The Morgan fingerprint density at radius 1 is 0.706 bits per heavy atom. The normalized spacial score (nSPS) is 10.9. The van der Waals surface area contributed by atoms with E-state index in [1.165, 1.54) is 89.9 Å². The molecule has 0 aliphatic rings. The number of hydrogen-bond acceptors (Lipinski definition) is 3. The Kier molecular flexibility index (Phi) is 21.0. The molecule has 5 heteroatoms. The van der Waals surface area contributed by atoms with Crippen molar-refractivity contribution >= 4 is 17.7 Å². The molecule has 0 saturated heterocycles. The van der Waals surface area contributed by atoms with Crippen molar-refractivity contribution in [3.63, 3.8) is 0 Å². The Morgan fingerprint density at radius 3 is 1.74 bits per heavy atom. The highest BCUT2D eigenvalue weighted by Crippen LogP contribution is 2.26. The fourth-order valence-electron chi connectivity index (χ4n) is 4.03. The molecule has 0 aliphatic carbocycles. The molecular formula is C29H50ClNO3. The van der Waals surface area contributed by atoms with Crippen LogP contribution in [0.3, 0.4) is 0 Å². The number of para-hydroxylation sites is 2. The first-order valence-corrected chi connectivity index (χ1v) is 14.5. The van der Waals surface area contributed by atoms with Crippen LogP contribution in [0.4, 0.5) is 4.79 Å². The summed E-state index contributed by atoms with van der Waals surface area (Å²) in [7, 11) is 0. The molecule has 0 bridgehead atoms. The predicted molar refractivity (Wildman–Crippen MR) is 145 cm³/mol. The van der Waals surface area contributed by atoms with Gasteiger partial charge in [0.1, 0.15) is 0 Å². The molecule has 1 amide bonds. The minimum atomic E-state index is -0.419. The average Bonchev–Trinajstić information content (AvgIpc) is 2.84. The van der Waals surface area contributed by atoms with Gasteiger partial charge in [0.15, 0.2) is 11.5 Å². The van der Waals surface area contributed by atoms with Gasteiger partial charge in [0.2, 0.25) is 0 Å². The second kappa shape index (κ2) is 23.3. The van der Waals surface area contributed by atoms with Gasteiger partial charge in [0, 0.05) is 12.4 Å². The van der Waals surface area contributed by atoms with Crippen LogP contribution in [0.2, 0.25) is 0 Å². The van der Waals surface area contributed by atoms with Crippen molar-refractivity contribution in [1.29, 1.82) is 0 Å². The van der Waals surface area contributed by atoms with E-state index in [0.717, 1.165) is 25.7 Å². The first kappa shape index (κ1) is 30.6. The number of ether oxygens (including phenoxy) is 2. The quantitative estimate of drug-likeness (QED) is 0.121. The third-order valence-corrected chi connectivity index (χ3v) is 6.40. The van der Waals surface area contributed by atoms with Crippen LogP contribution >= 0.6 is 11.6 Å². The van der Waals surface area contributed by atoms with Crippen LogP contribution in [0.1, 0.15) is 122 Å². The van der Waals surface area contributed by atoms with E-state index < -0.39 is 6.09 Å². The lowest BCUT2D eigenvalue weighted by molar-refractivity contribution is 0.196. The highest BCUT2D eigenvalue weighted by Gasteiger charge is 2.09. The Balaban J connectivity index is 1.92. The molecule has 1 aromatic rings. The topological polar surface area (TPSA) is 47.6 Å².